The van der Waals surface area contributed by atoms with Crippen molar-refractivity contribution in [2.75, 3.05) is 41.8 Å². The van der Waals surface area contributed by atoms with Crippen LogP contribution in [0.2, 0.25) is 0 Å². The second-order valence-corrected chi connectivity index (χ2v) is 21.1. The first kappa shape index (κ1) is 65.5. The first-order valence-corrected chi connectivity index (χ1v) is 26.2. The number of unbranched alkanes of at least 4 members (excludes halogenated alkanes) is 1. The van der Waals surface area contributed by atoms with E-state index in [1.165, 1.54) is 99.8 Å². The van der Waals surface area contributed by atoms with E-state index in [4.69, 9.17) is 15.9 Å². The molecule has 4 atom stereocenters. The Morgan fingerprint density at radius 1 is 0.653 bits per heavy atom. The summed E-state index contributed by atoms with van der Waals surface area (Å²) in [5.74, 6) is -3.74. The number of aliphatic hydroxyl groups is 4. The van der Waals surface area contributed by atoms with Gasteiger partial charge in [0.05, 0.1) is 72.5 Å². The quantitative estimate of drug-likeness (QED) is 0.0485. The number of halogens is 2. The molecule has 0 unspecified atom stereocenters. The second-order valence-electron chi connectivity index (χ2n) is 17.1. The molecule has 0 aliphatic heterocycles. The molecule has 19 nitrogen and oxygen atoms in total. The maximum Gasteiger partial charge on any atom is 2.00 e. The van der Waals surface area contributed by atoms with Crippen molar-refractivity contribution in [2.45, 2.75) is 109 Å². The van der Waals surface area contributed by atoms with Crippen LogP contribution in [0.3, 0.4) is 0 Å². The van der Waals surface area contributed by atoms with E-state index in [-0.39, 0.29) is 77.2 Å². The van der Waals surface area contributed by atoms with Crippen molar-refractivity contribution in [3.63, 3.8) is 0 Å². The van der Waals surface area contributed by atoms with Crippen LogP contribution in [0.25, 0.3) is 34.7 Å². The maximum atomic E-state index is 13.5. The van der Waals surface area contributed by atoms with E-state index in [1.807, 2.05) is 27.7 Å². The Bertz CT molecular complexity index is 2500. The summed E-state index contributed by atoms with van der Waals surface area (Å²) in [6, 6.07) is 11.0. The van der Waals surface area contributed by atoms with Gasteiger partial charge in [0.1, 0.15) is 11.6 Å². The molecule has 2 aromatic carbocycles. The number of aliphatic hydroxyl groups excluding tert-OH is 4. The number of aliphatic carboxylic acids is 2. The van der Waals surface area contributed by atoms with E-state index >= 15 is 0 Å². The number of carboxylic acid groups (broad SMARTS) is 2. The molecule has 24 heteroatoms. The van der Waals surface area contributed by atoms with Crippen molar-refractivity contribution in [1.82, 2.24) is 19.9 Å². The van der Waals surface area contributed by atoms with Gasteiger partial charge in [-0.05, 0) is 73.3 Å². The van der Waals surface area contributed by atoms with Crippen LogP contribution < -0.4 is 14.3 Å². The molecule has 2 heterocycles. The summed E-state index contributed by atoms with van der Waals surface area (Å²) in [5, 5.41) is 57.6. The molecule has 0 saturated heterocycles. The van der Waals surface area contributed by atoms with Crippen LogP contribution in [0.4, 0.5) is 20.7 Å². The normalized spacial score (nSPS) is 13.4. The van der Waals surface area contributed by atoms with Crippen LogP contribution in [0.5, 0.6) is 0 Å². The minimum absolute atomic E-state index is 0. The van der Waals surface area contributed by atoms with Gasteiger partial charge in [0.2, 0.25) is 31.9 Å². The second kappa shape index (κ2) is 30.6. The summed E-state index contributed by atoms with van der Waals surface area (Å²) < 4.78 is 77.2. The molecule has 4 rings (SSSR count). The van der Waals surface area contributed by atoms with E-state index in [9.17, 15) is 55.6 Å². The Morgan fingerprint density at radius 2 is 0.972 bits per heavy atom. The fourth-order valence-electron chi connectivity index (χ4n) is 6.29. The minimum Gasteiger partial charge on any atom is -1.00 e. The first-order valence-electron chi connectivity index (χ1n) is 22.5. The van der Waals surface area contributed by atoms with E-state index in [2.05, 4.69) is 26.9 Å². The minimum atomic E-state index is -3.65. The van der Waals surface area contributed by atoms with Crippen molar-refractivity contribution in [1.29, 1.82) is 0 Å². The molecule has 0 bridgehead atoms. The summed E-state index contributed by atoms with van der Waals surface area (Å²) in [6.45, 7) is 10.4. The van der Waals surface area contributed by atoms with Gasteiger partial charge in [-0.3, -0.25) is 9.59 Å². The number of hydrogen-bond donors (Lipinski definition) is 7. The molecule has 2 aromatic heterocycles. The van der Waals surface area contributed by atoms with Gasteiger partial charge in [-0.15, -0.1) is 0 Å². The first-order chi connectivity index (χ1) is 33.0. The van der Waals surface area contributed by atoms with Gasteiger partial charge in [-0.2, -0.15) is 0 Å². The topological polar surface area (TPSA) is 308 Å². The maximum absolute atomic E-state index is 13.5. The van der Waals surface area contributed by atoms with Crippen LogP contribution in [-0.4, -0.2) is 175 Å². The van der Waals surface area contributed by atoms with Crippen molar-refractivity contribution in [3.8, 4) is 22.5 Å². The number of nitrogens with two attached hydrogens (primary N) is 1. The summed E-state index contributed by atoms with van der Waals surface area (Å²) in [4.78, 5) is 39.1. The van der Waals surface area contributed by atoms with Crippen molar-refractivity contribution in [2.24, 2.45) is 5.73 Å². The summed E-state index contributed by atoms with van der Waals surface area (Å²) in [6.07, 6.45) is 4.10. The number of carbonyl (C=O) groups is 2. The van der Waals surface area contributed by atoms with Gasteiger partial charge < -0.3 is 39.2 Å². The van der Waals surface area contributed by atoms with E-state index < -0.39 is 80.9 Å². The molecule has 0 aliphatic rings. The number of hydrogen-bond acceptors (Lipinski definition) is 15. The summed E-state index contributed by atoms with van der Waals surface area (Å²) >= 11 is 0. The number of benzene rings is 2. The predicted molar refractivity (Wildman–Crippen MR) is 277 cm³/mol. The Hall–Kier alpha value is -4.56. The standard InChI is InChI=1S/2C22H28FN3O6S.C4H11N.Ca.2H/c2*1-13(2)20-18(10-9-16(27)11-17(28)12-19(29)30)21(14-5-7-15(23)8-6-14)25-22(24-20)26(3)33(4,31)32;1-2-3-4-5;;;/h2*5-10,13,16-17,27-28H,11-12H2,1-4H3,(H,29,30);2-5H2,1H3;;;/q;;;+2;2*-1/t2*16-,17-;;;;/m11..../s1. The molecule has 0 saturated carbocycles. The number of sulfonamides is 2. The molecule has 0 fully saturated rings. The van der Waals surface area contributed by atoms with E-state index in [0.29, 0.717) is 45.0 Å². The number of anilines is 2. The Balaban J connectivity index is 0. The third-order valence-corrected chi connectivity index (χ3v) is 12.5. The zero-order valence-electron chi connectivity index (χ0n) is 44.0. The third-order valence-electron chi connectivity index (χ3n) is 10.2. The smallest absolute Gasteiger partial charge is 1.00 e. The third kappa shape index (κ3) is 21.9. The van der Waals surface area contributed by atoms with E-state index in [1.54, 1.807) is 0 Å². The largest absolute Gasteiger partial charge is 2.00 e. The molecule has 0 spiro atoms. The molecular formula is C48H69CaF2N7O12S2. The molecule has 0 aliphatic carbocycles. The zero-order valence-corrected chi connectivity index (χ0v) is 45.9. The molecule has 72 heavy (non-hydrogen) atoms. The van der Waals surface area contributed by atoms with Crippen LogP contribution in [-0.2, 0) is 29.6 Å². The zero-order chi connectivity index (χ0) is 54.0. The van der Waals surface area contributed by atoms with Gasteiger partial charge in [-0.25, -0.2) is 54.2 Å². The van der Waals surface area contributed by atoms with Crippen molar-refractivity contribution in [3.05, 3.63) is 94.8 Å². The number of carboxylic acids is 2. The Kier molecular flexibility index (Phi) is 27.8. The monoisotopic (exact) mass is 1080 g/mol. The van der Waals surface area contributed by atoms with E-state index in [0.717, 1.165) is 27.7 Å². The predicted octanol–water partition coefficient (Wildman–Crippen LogP) is 5.39. The van der Waals surface area contributed by atoms with Gasteiger partial charge in [0.15, 0.2) is 0 Å². The van der Waals surface area contributed by atoms with Crippen LogP contribution in [0.1, 0.15) is 110 Å². The number of aromatic nitrogens is 4. The fourth-order valence-corrected chi connectivity index (χ4v) is 7.05. The van der Waals surface area contributed by atoms with Gasteiger partial charge in [0.25, 0.3) is 0 Å². The Labute approximate surface area is 453 Å². The molecule has 0 radical (unpaired) electrons. The van der Waals surface area contributed by atoms with Crippen LogP contribution >= 0.6 is 0 Å². The molecule has 396 valence electrons. The number of nitrogens with zero attached hydrogens (tertiary/aromatic N) is 6. The molecule has 0 amide bonds. The van der Waals surface area contributed by atoms with Gasteiger partial charge in [0, 0.05) is 49.2 Å². The van der Waals surface area contributed by atoms with Gasteiger partial charge >= 0.3 is 49.7 Å². The fraction of sp³-hybridized carbons (Fsp3) is 0.458. The van der Waals surface area contributed by atoms with Crippen molar-refractivity contribution < 1.29 is 68.7 Å². The SMILES string of the molecule is CC(C)c1nc(N(C)S(C)(=O)=O)nc(-c2ccc(F)cc2)c1C=C[C@@H](O)C[C@@H](O)CC(=O)O.CC(C)c1nc(N(C)S(C)(=O)=O)nc(-c2ccc(F)cc2)c1C=C[C@@H](O)C[C@@H](O)CC(=O)O.CCCCN.[Ca+2].[H-].[H-]. The summed E-state index contributed by atoms with van der Waals surface area (Å²) in [7, 11) is -4.65. The van der Waals surface area contributed by atoms with Gasteiger partial charge in [-0.1, -0.05) is 65.3 Å². The molecule has 4 aromatic rings. The Morgan fingerprint density at radius 3 is 1.21 bits per heavy atom. The number of rotatable bonds is 22. The van der Waals surface area contributed by atoms with Crippen LogP contribution in [0.15, 0.2) is 60.7 Å². The molecule has 8 N–H and O–H groups in total. The molecular weight excluding hydrogens is 1010 g/mol. The average Bonchev–Trinajstić information content (AvgIpc) is 3.26. The van der Waals surface area contributed by atoms with Crippen LogP contribution in [0, 0.1) is 11.6 Å². The van der Waals surface area contributed by atoms with Crippen molar-refractivity contribution >= 4 is 93.8 Å². The average molecular weight is 1080 g/mol. The summed E-state index contributed by atoms with van der Waals surface area (Å²) in [5.41, 5.74) is 8.74.